The molecule has 0 radical (unpaired) electrons. The third-order valence-electron chi connectivity index (χ3n) is 2.01. The van der Waals surface area contributed by atoms with Gasteiger partial charge in [0.1, 0.15) is 4.91 Å². The molecule has 1 saturated heterocycles. The van der Waals surface area contributed by atoms with E-state index in [0.29, 0.717) is 12.5 Å². The van der Waals surface area contributed by atoms with Crippen LogP contribution in [0.2, 0.25) is 0 Å². The highest BCUT2D eigenvalue weighted by Gasteiger charge is 2.17. The minimum atomic E-state index is -0.388. The normalized spacial score (nSPS) is 22.1. The Balaban J connectivity index is 2.23. The Kier molecular flexibility index (Phi) is 4.11. The first-order valence-corrected chi connectivity index (χ1v) is 4.43. The summed E-state index contributed by atoms with van der Waals surface area (Å²) in [5, 5.41) is 10.9. The van der Waals surface area contributed by atoms with E-state index in [1.54, 1.807) is 0 Å². The van der Waals surface area contributed by atoms with Gasteiger partial charge in [-0.3, -0.25) is 4.99 Å². The third kappa shape index (κ3) is 3.56. The molecule has 1 fully saturated rings. The zero-order valence-corrected chi connectivity index (χ0v) is 8.06. The van der Waals surface area contributed by atoms with Crippen molar-refractivity contribution in [2.24, 2.45) is 10.9 Å². The number of guanidine groups is 1. The lowest BCUT2D eigenvalue weighted by Crippen LogP contribution is -2.43. The van der Waals surface area contributed by atoms with Crippen LogP contribution in [0.1, 0.15) is 6.42 Å². The number of nitrogens with zero attached hydrogens (tertiary/aromatic N) is 2. The van der Waals surface area contributed by atoms with Crippen LogP contribution in [0.15, 0.2) is 4.99 Å². The average Bonchev–Trinajstić information content (AvgIpc) is 2.64. The molecule has 7 nitrogen and oxygen atoms in total. The molecule has 0 aromatic heterocycles. The molecule has 3 N–H and O–H groups in total. The molecule has 1 aliphatic rings. The van der Waals surface area contributed by atoms with E-state index in [1.165, 1.54) is 7.05 Å². The summed E-state index contributed by atoms with van der Waals surface area (Å²) in [7, 11) is 1.52. The summed E-state index contributed by atoms with van der Waals surface area (Å²) < 4.78 is 5.18. The van der Waals surface area contributed by atoms with Crippen LogP contribution in [-0.2, 0) is 4.74 Å². The van der Waals surface area contributed by atoms with Crippen LogP contribution in [0, 0.1) is 10.8 Å². The first kappa shape index (κ1) is 10.7. The van der Waals surface area contributed by atoms with E-state index in [1.807, 2.05) is 0 Å². The van der Waals surface area contributed by atoms with Gasteiger partial charge in [-0.2, -0.15) is 0 Å². The van der Waals surface area contributed by atoms with E-state index in [2.05, 4.69) is 15.7 Å². The first-order valence-electron chi connectivity index (χ1n) is 4.43. The molecule has 0 saturated carbocycles. The van der Waals surface area contributed by atoms with Crippen LogP contribution in [0.3, 0.4) is 0 Å². The van der Waals surface area contributed by atoms with Gasteiger partial charge >= 0.3 is 5.03 Å². The summed E-state index contributed by atoms with van der Waals surface area (Å²) in [5.74, 6) is 0.682. The maximum atomic E-state index is 10.2. The van der Waals surface area contributed by atoms with Crippen molar-refractivity contribution in [2.45, 2.75) is 6.42 Å². The molecule has 1 heterocycles. The summed E-state index contributed by atoms with van der Waals surface area (Å²) in [6.07, 6.45) is 1.00. The van der Waals surface area contributed by atoms with Crippen molar-refractivity contribution in [1.29, 1.82) is 0 Å². The second-order valence-corrected chi connectivity index (χ2v) is 3.07. The maximum Gasteiger partial charge on any atom is 0.362 e. The van der Waals surface area contributed by atoms with Crippen LogP contribution in [0.4, 0.5) is 0 Å². The molecule has 0 spiro atoms. The Bertz CT molecular complexity index is 225. The Morgan fingerprint density at radius 2 is 2.57 bits per heavy atom. The quantitative estimate of drug-likeness (QED) is 0.320. The molecule has 7 heteroatoms. The fourth-order valence-electron chi connectivity index (χ4n) is 1.24. The first-order chi connectivity index (χ1) is 6.72. The van der Waals surface area contributed by atoms with Crippen molar-refractivity contribution in [2.75, 3.05) is 26.8 Å². The third-order valence-corrected chi connectivity index (χ3v) is 2.01. The van der Waals surface area contributed by atoms with Crippen molar-refractivity contribution in [1.82, 2.24) is 10.7 Å². The fourth-order valence-corrected chi connectivity index (χ4v) is 1.24. The summed E-state index contributed by atoms with van der Waals surface area (Å²) in [6, 6.07) is 0. The zero-order chi connectivity index (χ0) is 10.4. The van der Waals surface area contributed by atoms with Crippen LogP contribution < -0.4 is 10.7 Å². The maximum absolute atomic E-state index is 10.2. The van der Waals surface area contributed by atoms with Gasteiger partial charge in [-0.05, 0) is 11.8 Å². The predicted octanol–water partition coefficient (Wildman–Crippen LogP) is -0.729. The van der Waals surface area contributed by atoms with Gasteiger partial charge in [0.2, 0.25) is 0 Å². The lowest BCUT2D eigenvalue weighted by Gasteiger charge is -2.08. The van der Waals surface area contributed by atoms with Crippen molar-refractivity contribution in [3.63, 3.8) is 0 Å². The summed E-state index contributed by atoms with van der Waals surface area (Å²) >= 11 is 0. The molecular weight excluding hydrogens is 188 g/mol. The van der Waals surface area contributed by atoms with E-state index < -0.39 is 0 Å². The lowest BCUT2D eigenvalue weighted by molar-refractivity contribution is -0.822. The molecule has 0 aromatic carbocycles. The second-order valence-electron chi connectivity index (χ2n) is 3.07. The van der Waals surface area contributed by atoms with Gasteiger partial charge in [0.25, 0.3) is 5.96 Å². The molecule has 14 heavy (non-hydrogen) atoms. The van der Waals surface area contributed by atoms with Gasteiger partial charge in [0.15, 0.2) is 0 Å². The molecule has 0 aliphatic carbocycles. The van der Waals surface area contributed by atoms with Crippen molar-refractivity contribution < 1.29 is 15.0 Å². The van der Waals surface area contributed by atoms with E-state index in [4.69, 9.17) is 9.94 Å². The van der Waals surface area contributed by atoms with E-state index >= 15 is 0 Å². The van der Waals surface area contributed by atoms with Crippen molar-refractivity contribution >= 4 is 5.96 Å². The Labute approximate surface area is 81.7 Å². The highest BCUT2D eigenvalue weighted by atomic mass is 16.7. The van der Waals surface area contributed by atoms with E-state index in [-0.39, 0.29) is 11.0 Å². The number of rotatable bonds is 3. The molecule has 1 aliphatic heterocycles. The smallest absolute Gasteiger partial charge is 0.362 e. The topological polar surface area (TPSA) is 86.0 Å². The molecule has 0 amide bonds. The zero-order valence-electron chi connectivity index (χ0n) is 8.06. The Morgan fingerprint density at radius 1 is 1.79 bits per heavy atom. The fraction of sp³-hybridized carbons (Fsp3) is 0.857. The Morgan fingerprint density at radius 3 is 3.07 bits per heavy atom. The van der Waals surface area contributed by atoms with Crippen LogP contribution in [0.5, 0.6) is 0 Å². The number of hydrazine groups is 1. The molecular formula is C7H15N4O3+. The second kappa shape index (κ2) is 5.38. The number of ether oxygens (including phenoxy) is 1. The largest absolute Gasteiger partial charge is 0.381 e. The summed E-state index contributed by atoms with van der Waals surface area (Å²) in [6.45, 7) is 2.18. The summed E-state index contributed by atoms with van der Waals surface area (Å²) in [4.78, 5) is 14.0. The standard InChI is InChI=1S/C7H15N4O3/c1-8-7(10-11(12)13)9-4-6-2-3-14-5-6/h6H,2-5H2,1H3,(H,12,13)(H2,8,9,10)/q+1. The highest BCUT2D eigenvalue weighted by Crippen LogP contribution is 2.10. The van der Waals surface area contributed by atoms with Gasteiger partial charge in [-0.15, -0.1) is 0 Å². The number of nitrogens with one attached hydrogen (secondary N) is 2. The highest BCUT2D eigenvalue weighted by molar-refractivity contribution is 5.78. The minimum Gasteiger partial charge on any atom is -0.381 e. The van der Waals surface area contributed by atoms with Gasteiger partial charge in [0.05, 0.1) is 6.61 Å². The predicted molar refractivity (Wildman–Crippen MR) is 48.8 cm³/mol. The number of aliphatic imine (C=N–C) groups is 1. The van der Waals surface area contributed by atoms with E-state index in [9.17, 15) is 4.91 Å². The van der Waals surface area contributed by atoms with Crippen LogP contribution >= 0.6 is 0 Å². The monoisotopic (exact) mass is 203 g/mol. The molecule has 1 unspecified atom stereocenters. The van der Waals surface area contributed by atoms with Crippen LogP contribution in [-0.4, -0.2) is 43.0 Å². The SMILES string of the molecule is CN=C(NCC1CCOC1)N[N+](=O)O. The summed E-state index contributed by atoms with van der Waals surface area (Å²) in [5.41, 5.74) is 2.08. The number of hydrogen-bond donors (Lipinski definition) is 3. The Hall–Kier alpha value is -1.37. The van der Waals surface area contributed by atoms with Gasteiger partial charge in [-0.1, -0.05) is 0 Å². The molecule has 0 aromatic rings. The molecule has 80 valence electrons. The molecule has 1 rings (SSSR count). The van der Waals surface area contributed by atoms with Crippen molar-refractivity contribution in [3.8, 4) is 0 Å². The lowest BCUT2D eigenvalue weighted by atomic mass is 10.1. The molecule has 1 atom stereocenters. The van der Waals surface area contributed by atoms with Gasteiger partial charge in [-0.25, -0.2) is 5.21 Å². The number of hydrogen-bond acceptors (Lipinski definition) is 3. The molecule has 0 bridgehead atoms. The van der Waals surface area contributed by atoms with Crippen molar-refractivity contribution in [3.05, 3.63) is 4.91 Å². The minimum absolute atomic E-state index is 0.245. The van der Waals surface area contributed by atoms with Crippen LogP contribution in [0.25, 0.3) is 0 Å². The van der Waals surface area contributed by atoms with E-state index in [0.717, 1.165) is 19.6 Å². The average molecular weight is 203 g/mol. The van der Waals surface area contributed by atoms with Gasteiger partial charge in [0, 0.05) is 26.1 Å². The van der Waals surface area contributed by atoms with Gasteiger partial charge < -0.3 is 10.1 Å².